The highest BCUT2D eigenvalue weighted by Crippen LogP contribution is 2.31. The predicted octanol–water partition coefficient (Wildman–Crippen LogP) is 2.96. The first-order valence-electron chi connectivity index (χ1n) is 11.7. The number of amides is 4. The van der Waals surface area contributed by atoms with Crippen molar-refractivity contribution in [3.63, 3.8) is 0 Å². The Balaban J connectivity index is 1.24. The summed E-state index contributed by atoms with van der Waals surface area (Å²) >= 11 is 0. The minimum Gasteiger partial charge on any atom is -0.497 e. The SMILES string of the molecule is COc1ccc(N2CCN(C(=O)CN3C(=O)NC(C)(c4ccc5ccccc5c4)C3=O)CC2)cc1. The summed E-state index contributed by atoms with van der Waals surface area (Å²) in [6, 6.07) is 20.8. The third kappa shape index (κ3) is 4.16. The van der Waals surface area contributed by atoms with E-state index in [1.807, 2.05) is 66.7 Å². The Labute approximate surface area is 204 Å². The van der Waals surface area contributed by atoms with Crippen molar-refractivity contribution in [2.45, 2.75) is 12.5 Å². The molecular weight excluding hydrogens is 444 g/mol. The van der Waals surface area contributed by atoms with Gasteiger partial charge in [-0.05, 0) is 53.6 Å². The fourth-order valence-corrected chi connectivity index (χ4v) is 4.78. The van der Waals surface area contributed by atoms with E-state index in [4.69, 9.17) is 4.74 Å². The van der Waals surface area contributed by atoms with Crippen LogP contribution < -0.4 is 15.0 Å². The van der Waals surface area contributed by atoms with Gasteiger partial charge in [-0.25, -0.2) is 4.79 Å². The summed E-state index contributed by atoms with van der Waals surface area (Å²) in [5, 5.41) is 4.84. The number of urea groups is 1. The van der Waals surface area contributed by atoms with Crippen molar-refractivity contribution in [1.82, 2.24) is 15.1 Å². The van der Waals surface area contributed by atoms with E-state index < -0.39 is 17.5 Å². The van der Waals surface area contributed by atoms with E-state index >= 15 is 0 Å². The zero-order valence-electron chi connectivity index (χ0n) is 19.9. The molecule has 5 rings (SSSR count). The summed E-state index contributed by atoms with van der Waals surface area (Å²) in [4.78, 5) is 44.0. The quantitative estimate of drug-likeness (QED) is 0.578. The number of nitrogens with one attached hydrogen (secondary N) is 1. The van der Waals surface area contributed by atoms with Crippen molar-refractivity contribution >= 4 is 34.3 Å². The van der Waals surface area contributed by atoms with Gasteiger partial charge in [0.25, 0.3) is 5.91 Å². The number of hydrogen-bond donors (Lipinski definition) is 1. The maximum atomic E-state index is 13.3. The Morgan fingerprint density at radius 3 is 2.31 bits per heavy atom. The van der Waals surface area contributed by atoms with Crippen LogP contribution in [0.15, 0.2) is 66.7 Å². The fourth-order valence-electron chi connectivity index (χ4n) is 4.78. The molecule has 8 heteroatoms. The molecule has 8 nitrogen and oxygen atoms in total. The molecule has 0 spiro atoms. The smallest absolute Gasteiger partial charge is 0.325 e. The molecule has 4 amide bonds. The summed E-state index contributed by atoms with van der Waals surface area (Å²) in [5.41, 5.74) is 0.546. The van der Waals surface area contributed by atoms with Gasteiger partial charge in [0.15, 0.2) is 0 Å². The average Bonchev–Trinajstić information content (AvgIpc) is 3.12. The number of imide groups is 1. The number of rotatable bonds is 5. The van der Waals surface area contributed by atoms with Crippen molar-refractivity contribution in [3.8, 4) is 5.75 Å². The first-order valence-corrected chi connectivity index (χ1v) is 11.7. The molecular formula is C27H28N4O4. The van der Waals surface area contributed by atoms with Gasteiger partial charge in [-0.1, -0.05) is 36.4 Å². The number of fused-ring (bicyclic) bond motifs is 1. The number of methoxy groups -OCH3 is 1. The number of hydrogen-bond acceptors (Lipinski definition) is 5. The molecule has 1 unspecified atom stereocenters. The summed E-state index contributed by atoms with van der Waals surface area (Å²) in [6.07, 6.45) is 0. The second kappa shape index (κ2) is 8.94. The monoisotopic (exact) mass is 472 g/mol. The van der Waals surface area contributed by atoms with Crippen LogP contribution in [0.25, 0.3) is 10.8 Å². The second-order valence-corrected chi connectivity index (χ2v) is 9.07. The molecule has 0 radical (unpaired) electrons. The number of nitrogens with zero attached hydrogens (tertiary/aromatic N) is 3. The molecule has 3 aromatic rings. The standard InChI is InChI=1S/C27H28N4O4/c1-27(21-8-7-19-5-3-4-6-20(19)17-21)25(33)31(26(34)28-27)18-24(32)30-15-13-29(14-16-30)22-9-11-23(35-2)12-10-22/h3-12,17H,13-16,18H2,1-2H3,(H,28,34). The molecule has 1 atom stereocenters. The summed E-state index contributed by atoms with van der Waals surface area (Å²) in [7, 11) is 1.63. The van der Waals surface area contributed by atoms with Crippen LogP contribution in [0.4, 0.5) is 10.5 Å². The van der Waals surface area contributed by atoms with E-state index in [1.165, 1.54) is 0 Å². The van der Waals surface area contributed by atoms with Gasteiger partial charge in [-0.2, -0.15) is 0 Å². The molecule has 35 heavy (non-hydrogen) atoms. The van der Waals surface area contributed by atoms with Crippen molar-refractivity contribution in [2.75, 3.05) is 44.7 Å². The van der Waals surface area contributed by atoms with Gasteiger partial charge in [0, 0.05) is 31.9 Å². The van der Waals surface area contributed by atoms with E-state index in [2.05, 4.69) is 10.2 Å². The van der Waals surface area contributed by atoms with Crippen LogP contribution in [-0.4, -0.2) is 67.5 Å². The molecule has 2 aliphatic heterocycles. The molecule has 0 aromatic heterocycles. The molecule has 0 aliphatic carbocycles. The predicted molar refractivity (Wildman–Crippen MR) is 133 cm³/mol. The summed E-state index contributed by atoms with van der Waals surface area (Å²) < 4.78 is 5.21. The highest BCUT2D eigenvalue weighted by molar-refractivity contribution is 6.09. The second-order valence-electron chi connectivity index (χ2n) is 9.07. The molecule has 2 fully saturated rings. The van der Waals surface area contributed by atoms with E-state index in [1.54, 1.807) is 18.9 Å². The van der Waals surface area contributed by atoms with Crippen LogP contribution in [0.5, 0.6) is 5.75 Å². The van der Waals surface area contributed by atoms with Gasteiger partial charge in [0.05, 0.1) is 7.11 Å². The van der Waals surface area contributed by atoms with Crippen LogP contribution in [0, 0.1) is 0 Å². The number of ether oxygens (including phenoxy) is 1. The molecule has 3 aromatic carbocycles. The Hall–Kier alpha value is -4.07. The minimum atomic E-state index is -1.21. The lowest BCUT2D eigenvalue weighted by molar-refractivity contribution is -0.139. The molecule has 2 heterocycles. The third-order valence-corrected chi connectivity index (χ3v) is 6.97. The topological polar surface area (TPSA) is 82.2 Å². The average molecular weight is 473 g/mol. The number of carbonyl (C=O) groups excluding carboxylic acids is 3. The minimum absolute atomic E-state index is 0.231. The Bertz CT molecular complexity index is 1280. The lowest BCUT2D eigenvalue weighted by Gasteiger charge is -2.36. The maximum Gasteiger partial charge on any atom is 0.325 e. The van der Waals surface area contributed by atoms with Crippen molar-refractivity contribution < 1.29 is 19.1 Å². The van der Waals surface area contributed by atoms with Crippen molar-refractivity contribution in [3.05, 3.63) is 72.3 Å². The van der Waals surface area contributed by atoms with E-state index in [0.29, 0.717) is 31.7 Å². The van der Waals surface area contributed by atoms with Crippen molar-refractivity contribution in [1.29, 1.82) is 0 Å². The largest absolute Gasteiger partial charge is 0.497 e. The molecule has 0 saturated carbocycles. The molecule has 2 saturated heterocycles. The van der Waals surface area contributed by atoms with E-state index in [9.17, 15) is 14.4 Å². The highest BCUT2D eigenvalue weighted by atomic mass is 16.5. The van der Waals surface area contributed by atoms with Crippen LogP contribution in [-0.2, 0) is 15.1 Å². The molecule has 180 valence electrons. The highest BCUT2D eigenvalue weighted by Gasteiger charge is 2.49. The first-order chi connectivity index (χ1) is 16.9. The molecule has 0 bridgehead atoms. The number of benzene rings is 3. The molecule has 2 aliphatic rings. The van der Waals surface area contributed by atoms with Gasteiger partial charge in [-0.3, -0.25) is 14.5 Å². The number of carbonyl (C=O) groups is 3. The van der Waals surface area contributed by atoms with E-state index in [-0.39, 0.29) is 12.5 Å². The van der Waals surface area contributed by atoms with Gasteiger partial charge >= 0.3 is 6.03 Å². The third-order valence-electron chi connectivity index (χ3n) is 6.97. The first kappa shape index (κ1) is 22.7. The lowest BCUT2D eigenvalue weighted by Crippen LogP contribution is -2.52. The normalized spacial score (nSPS) is 20.3. The zero-order chi connectivity index (χ0) is 24.6. The van der Waals surface area contributed by atoms with Crippen LogP contribution >= 0.6 is 0 Å². The van der Waals surface area contributed by atoms with Crippen LogP contribution in [0.3, 0.4) is 0 Å². The molecule has 1 N–H and O–H groups in total. The van der Waals surface area contributed by atoms with Gasteiger partial charge < -0.3 is 19.9 Å². The zero-order valence-corrected chi connectivity index (χ0v) is 19.9. The number of piperazine rings is 1. The van der Waals surface area contributed by atoms with Crippen LogP contribution in [0.2, 0.25) is 0 Å². The van der Waals surface area contributed by atoms with Crippen molar-refractivity contribution in [2.24, 2.45) is 0 Å². The Kier molecular flexibility index (Phi) is 5.80. The van der Waals surface area contributed by atoms with Crippen LogP contribution in [0.1, 0.15) is 12.5 Å². The summed E-state index contributed by atoms with van der Waals surface area (Å²) in [5.74, 6) is 0.153. The van der Waals surface area contributed by atoms with E-state index in [0.717, 1.165) is 27.1 Å². The Morgan fingerprint density at radius 2 is 1.63 bits per heavy atom. The van der Waals surface area contributed by atoms with Gasteiger partial charge in [0.2, 0.25) is 5.91 Å². The Morgan fingerprint density at radius 1 is 0.943 bits per heavy atom. The maximum absolute atomic E-state index is 13.3. The fraction of sp³-hybridized carbons (Fsp3) is 0.296. The summed E-state index contributed by atoms with van der Waals surface area (Å²) in [6.45, 7) is 3.82. The van der Waals surface area contributed by atoms with Gasteiger partial charge in [0.1, 0.15) is 17.8 Å². The lowest BCUT2D eigenvalue weighted by atomic mass is 9.90. The van der Waals surface area contributed by atoms with Gasteiger partial charge in [-0.15, -0.1) is 0 Å². The number of anilines is 1.